The maximum atomic E-state index is 11.8. The molecule has 0 spiro atoms. The van der Waals surface area contributed by atoms with E-state index in [1.165, 1.54) is 12.8 Å². The molecule has 1 aromatic rings. The van der Waals surface area contributed by atoms with Crippen LogP contribution >= 0.6 is 12.0 Å². The van der Waals surface area contributed by atoms with E-state index in [-0.39, 0.29) is 5.97 Å². The average molecular weight is 284 g/mol. The summed E-state index contributed by atoms with van der Waals surface area (Å²) in [7, 11) is 0. The van der Waals surface area contributed by atoms with Crippen LogP contribution in [0.3, 0.4) is 0 Å². The lowest BCUT2D eigenvalue weighted by atomic mass is 10.1. The van der Waals surface area contributed by atoms with Crippen molar-refractivity contribution in [2.24, 2.45) is 5.92 Å². The van der Waals surface area contributed by atoms with E-state index in [9.17, 15) is 4.79 Å². The zero-order valence-corrected chi connectivity index (χ0v) is 11.2. The van der Waals surface area contributed by atoms with E-state index in [0.717, 1.165) is 24.9 Å². The van der Waals surface area contributed by atoms with Crippen LogP contribution < -0.4 is 0 Å². The Labute approximate surface area is 115 Å². The quantitative estimate of drug-likeness (QED) is 0.373. The summed E-state index contributed by atoms with van der Waals surface area (Å²) >= 11 is 0.850. The molecule has 1 aliphatic rings. The van der Waals surface area contributed by atoms with Gasteiger partial charge in [-0.15, -0.1) is 4.33 Å². The molecule has 1 fully saturated rings. The Bertz CT molecular complexity index is 400. The minimum atomic E-state index is -0.303. The van der Waals surface area contributed by atoms with Crippen molar-refractivity contribution in [2.75, 3.05) is 6.61 Å². The van der Waals surface area contributed by atoms with Gasteiger partial charge in [0.05, 0.1) is 24.2 Å². The third kappa shape index (κ3) is 4.50. The number of ether oxygens (including phenoxy) is 1. The molecule has 0 amide bonds. The van der Waals surface area contributed by atoms with Gasteiger partial charge in [0.1, 0.15) is 0 Å². The number of carbonyl (C=O) groups is 1. The lowest BCUT2D eigenvalue weighted by Crippen LogP contribution is -2.11. The molecule has 1 aliphatic carbocycles. The smallest absolute Gasteiger partial charge is 0.338 e. The van der Waals surface area contributed by atoms with Crippen molar-refractivity contribution < 1.29 is 24.2 Å². The first kappa shape index (κ1) is 14.3. The number of benzene rings is 1. The standard InChI is InChI=1S/C13H16O5S/c14-13(16-9-10-3-1-2-4-10)11-5-7-12(8-6-11)19-18-17-15/h5-8,10,15H,1-4,9H2. The van der Waals surface area contributed by atoms with Crippen molar-refractivity contribution in [3.8, 4) is 0 Å². The van der Waals surface area contributed by atoms with Gasteiger partial charge in [-0.25, -0.2) is 10.1 Å². The average Bonchev–Trinajstić information content (AvgIpc) is 2.96. The lowest BCUT2D eigenvalue weighted by Gasteiger charge is -2.10. The number of hydrogen-bond donors (Lipinski definition) is 1. The van der Waals surface area contributed by atoms with Gasteiger partial charge in [0.25, 0.3) is 0 Å². The molecule has 5 nitrogen and oxygen atoms in total. The van der Waals surface area contributed by atoms with Crippen molar-refractivity contribution in [1.29, 1.82) is 0 Å². The number of esters is 1. The molecule has 0 bridgehead atoms. The Morgan fingerprint density at radius 3 is 2.58 bits per heavy atom. The minimum Gasteiger partial charge on any atom is -0.462 e. The Kier molecular flexibility index (Phi) is 5.65. The fraction of sp³-hybridized carbons (Fsp3) is 0.462. The zero-order valence-electron chi connectivity index (χ0n) is 10.4. The summed E-state index contributed by atoms with van der Waals surface area (Å²) in [6.45, 7) is 0.511. The van der Waals surface area contributed by atoms with Crippen molar-refractivity contribution in [3.05, 3.63) is 29.8 Å². The number of hydrogen-bond acceptors (Lipinski definition) is 6. The SMILES string of the molecule is O=C(OCC1CCCC1)c1ccc(SOOO)cc1. The van der Waals surface area contributed by atoms with E-state index < -0.39 is 0 Å². The molecule has 1 aromatic carbocycles. The Balaban J connectivity index is 1.81. The maximum Gasteiger partial charge on any atom is 0.338 e. The van der Waals surface area contributed by atoms with E-state index in [1.807, 2.05) is 0 Å². The molecule has 0 aromatic heterocycles. The normalized spacial score (nSPS) is 15.6. The van der Waals surface area contributed by atoms with Gasteiger partial charge >= 0.3 is 5.97 Å². The third-order valence-corrected chi connectivity index (χ3v) is 3.77. The Morgan fingerprint density at radius 1 is 1.26 bits per heavy atom. The summed E-state index contributed by atoms with van der Waals surface area (Å²) < 4.78 is 9.58. The highest BCUT2D eigenvalue weighted by molar-refractivity contribution is 7.94. The zero-order chi connectivity index (χ0) is 13.5. The molecule has 1 saturated carbocycles. The van der Waals surface area contributed by atoms with Gasteiger partial charge in [-0.05, 0) is 43.0 Å². The lowest BCUT2D eigenvalue weighted by molar-refractivity contribution is -0.432. The van der Waals surface area contributed by atoms with Crippen LogP contribution in [0.2, 0.25) is 0 Å². The second-order valence-corrected chi connectivity index (χ2v) is 5.27. The van der Waals surface area contributed by atoms with Crippen molar-refractivity contribution in [2.45, 2.75) is 30.6 Å². The van der Waals surface area contributed by atoms with Crippen LogP contribution in [0, 0.1) is 5.92 Å². The third-order valence-electron chi connectivity index (χ3n) is 3.18. The fourth-order valence-corrected chi connectivity index (χ4v) is 2.51. The van der Waals surface area contributed by atoms with Gasteiger partial charge in [-0.3, -0.25) is 0 Å². The Morgan fingerprint density at radius 2 is 1.95 bits per heavy atom. The molecule has 0 radical (unpaired) electrons. The summed E-state index contributed by atoms with van der Waals surface area (Å²) in [6.07, 6.45) is 4.78. The first-order valence-corrected chi connectivity index (χ1v) is 6.95. The van der Waals surface area contributed by atoms with E-state index in [1.54, 1.807) is 24.3 Å². The molecule has 0 aliphatic heterocycles. The van der Waals surface area contributed by atoms with Gasteiger partial charge < -0.3 is 4.74 Å². The topological polar surface area (TPSA) is 65.0 Å². The summed E-state index contributed by atoms with van der Waals surface area (Å²) in [5.74, 6) is 0.219. The molecular weight excluding hydrogens is 268 g/mol. The van der Waals surface area contributed by atoms with Gasteiger partial charge in [-0.1, -0.05) is 17.9 Å². The van der Waals surface area contributed by atoms with E-state index >= 15 is 0 Å². The highest BCUT2D eigenvalue weighted by atomic mass is 32.2. The first-order valence-electron chi connectivity index (χ1n) is 6.21. The molecule has 2 rings (SSSR count). The van der Waals surface area contributed by atoms with Crippen LogP contribution in [0.25, 0.3) is 0 Å². The molecule has 1 N–H and O–H groups in total. The van der Waals surface area contributed by atoms with Gasteiger partial charge in [0, 0.05) is 4.90 Å². The van der Waals surface area contributed by atoms with Crippen LogP contribution in [0.1, 0.15) is 36.0 Å². The summed E-state index contributed by atoms with van der Waals surface area (Å²) in [4.78, 5) is 12.5. The van der Waals surface area contributed by atoms with Crippen molar-refractivity contribution in [1.82, 2.24) is 0 Å². The maximum absolute atomic E-state index is 11.8. The van der Waals surface area contributed by atoms with E-state index in [0.29, 0.717) is 23.0 Å². The fourth-order valence-electron chi connectivity index (χ4n) is 2.15. The van der Waals surface area contributed by atoms with Crippen molar-refractivity contribution >= 4 is 18.0 Å². The molecule has 104 valence electrons. The van der Waals surface area contributed by atoms with Gasteiger partial charge in [-0.2, -0.15) is 0 Å². The Hall–Kier alpha value is -1.08. The highest BCUT2D eigenvalue weighted by Crippen LogP contribution is 2.25. The van der Waals surface area contributed by atoms with Crippen LogP contribution in [0.4, 0.5) is 0 Å². The minimum absolute atomic E-state index is 0.303. The molecule has 6 heteroatoms. The molecule has 19 heavy (non-hydrogen) atoms. The summed E-state index contributed by atoms with van der Waals surface area (Å²) in [5, 5.41) is 11.5. The molecular formula is C13H16O5S. The van der Waals surface area contributed by atoms with Gasteiger partial charge in [0.15, 0.2) is 0 Å². The summed E-state index contributed by atoms with van der Waals surface area (Å²) in [5.41, 5.74) is 0.507. The largest absolute Gasteiger partial charge is 0.462 e. The molecule has 0 saturated heterocycles. The predicted molar refractivity (Wildman–Crippen MR) is 69.3 cm³/mol. The molecule has 0 heterocycles. The van der Waals surface area contributed by atoms with E-state index in [4.69, 9.17) is 9.99 Å². The summed E-state index contributed by atoms with van der Waals surface area (Å²) in [6, 6.07) is 6.69. The molecule has 0 atom stereocenters. The second kappa shape index (κ2) is 7.49. The second-order valence-electron chi connectivity index (χ2n) is 4.50. The van der Waals surface area contributed by atoms with Gasteiger partial charge in [0.2, 0.25) is 0 Å². The number of carbonyl (C=O) groups excluding carboxylic acids is 1. The van der Waals surface area contributed by atoms with E-state index in [2.05, 4.69) is 9.37 Å². The molecule has 0 unspecified atom stereocenters. The van der Waals surface area contributed by atoms with Crippen LogP contribution in [-0.4, -0.2) is 17.8 Å². The van der Waals surface area contributed by atoms with Crippen LogP contribution in [-0.2, 0) is 14.1 Å². The first-order chi connectivity index (χ1) is 9.29. The predicted octanol–water partition coefficient (Wildman–Crippen LogP) is 3.46. The highest BCUT2D eigenvalue weighted by Gasteiger charge is 2.17. The van der Waals surface area contributed by atoms with Crippen LogP contribution in [0.5, 0.6) is 0 Å². The monoisotopic (exact) mass is 284 g/mol. The van der Waals surface area contributed by atoms with Crippen LogP contribution in [0.15, 0.2) is 29.2 Å². The van der Waals surface area contributed by atoms with Crippen molar-refractivity contribution in [3.63, 3.8) is 0 Å². The number of rotatable bonds is 6.